The van der Waals surface area contributed by atoms with Gasteiger partial charge in [-0.3, -0.25) is 58.8 Å². The number of nitrogens with one attached hydrogen (secondary N) is 6. The minimum absolute atomic E-state index is 0.0650. The summed E-state index contributed by atoms with van der Waals surface area (Å²) in [4.78, 5) is 116. The number of carbonyl (C=O) groups is 9. The third-order valence-corrected chi connectivity index (χ3v) is 8.81. The quantitative estimate of drug-likeness (QED) is 0.0333. The van der Waals surface area contributed by atoms with Gasteiger partial charge in [-0.2, -0.15) is 0 Å². The molecule has 0 bridgehead atoms. The Kier molecular flexibility index (Phi) is 24.5. The normalized spacial score (nSPS) is 20.3. The molecular formula is C36H59N9O15. The van der Waals surface area contributed by atoms with Gasteiger partial charge < -0.3 is 47.2 Å². The lowest BCUT2D eigenvalue weighted by Crippen LogP contribution is -2.59. The summed E-state index contributed by atoms with van der Waals surface area (Å²) in [5.74, 6) is -8.17. The molecule has 9 amide bonds. The summed E-state index contributed by atoms with van der Waals surface area (Å²) < 4.78 is 0. The van der Waals surface area contributed by atoms with Gasteiger partial charge in [0.25, 0.3) is 11.8 Å². The Labute approximate surface area is 346 Å². The van der Waals surface area contributed by atoms with Gasteiger partial charge in [-0.15, -0.1) is 0 Å². The maximum atomic E-state index is 13.9. The molecular weight excluding hydrogens is 798 g/mol. The van der Waals surface area contributed by atoms with Crippen LogP contribution < -0.4 is 31.9 Å². The Morgan fingerprint density at radius 3 is 1.28 bits per heavy atom. The summed E-state index contributed by atoms with van der Waals surface area (Å²) in [6.07, 6.45) is 1.42. The molecule has 338 valence electrons. The molecule has 0 saturated carbocycles. The number of rotatable bonds is 19. The fraction of sp³-hybridized carbons (Fsp3) is 0.639. The van der Waals surface area contributed by atoms with E-state index >= 15 is 0 Å². The zero-order valence-electron chi connectivity index (χ0n) is 34.0. The van der Waals surface area contributed by atoms with Crippen LogP contribution >= 0.6 is 0 Å². The summed E-state index contributed by atoms with van der Waals surface area (Å²) in [7, 11) is 0. The van der Waals surface area contributed by atoms with E-state index in [9.17, 15) is 63.9 Å². The molecule has 0 aromatic rings. The van der Waals surface area contributed by atoms with Crippen molar-refractivity contribution in [3.8, 4) is 0 Å². The molecule has 1 heterocycles. The number of nitrogens with zero attached hydrogens (tertiary/aromatic N) is 3. The summed E-state index contributed by atoms with van der Waals surface area (Å²) in [6.45, 7) is 0.313. The molecule has 0 aromatic heterocycles. The van der Waals surface area contributed by atoms with Crippen LogP contribution in [-0.4, -0.2) is 176 Å². The second-order valence-electron chi connectivity index (χ2n) is 13.9. The van der Waals surface area contributed by atoms with E-state index in [1.807, 2.05) is 0 Å². The number of amides is 9. The van der Waals surface area contributed by atoms with Gasteiger partial charge in [-0.25, -0.2) is 15.2 Å². The summed E-state index contributed by atoms with van der Waals surface area (Å²) >= 11 is 0. The van der Waals surface area contributed by atoms with E-state index in [1.54, 1.807) is 13.8 Å². The van der Waals surface area contributed by atoms with Gasteiger partial charge in [0.05, 0.1) is 19.7 Å². The lowest BCUT2D eigenvalue weighted by atomic mass is 10.1. The first-order valence-electron chi connectivity index (χ1n) is 19.2. The van der Waals surface area contributed by atoms with Crippen molar-refractivity contribution in [2.75, 3.05) is 52.5 Å². The number of aliphatic hydroxyl groups is 3. The maximum absolute atomic E-state index is 13.9. The molecule has 0 aromatic carbocycles. The Hall–Kier alpha value is -5.53. The number of hydroxylamine groups is 6. The maximum Gasteiger partial charge on any atom is 0.269 e. The SMILES string of the molecule is CC(=O)N(O)CCCC1NC(=O)C(CCCN(O)C(=O)C=C(C)CCO)NC(=O)C(CCCN(O)C(=O)C=C(C)CCO)NC(=O)CNC(=O)C(CO)NC(=O)CNC1=O. The van der Waals surface area contributed by atoms with Crippen LogP contribution in [0.15, 0.2) is 23.3 Å². The van der Waals surface area contributed by atoms with Gasteiger partial charge in [0.2, 0.25) is 41.4 Å². The van der Waals surface area contributed by atoms with Crippen LogP contribution in [0.4, 0.5) is 0 Å². The number of hydrogen-bond acceptors (Lipinski definition) is 15. The minimum atomic E-state index is -1.58. The van der Waals surface area contributed by atoms with Crippen LogP contribution in [0, 0.1) is 0 Å². The predicted molar refractivity (Wildman–Crippen MR) is 206 cm³/mol. The Morgan fingerprint density at radius 1 is 0.550 bits per heavy atom. The van der Waals surface area contributed by atoms with Crippen LogP contribution in [0.1, 0.15) is 72.1 Å². The molecule has 1 fully saturated rings. The number of aliphatic hydroxyl groups excluding tert-OH is 3. The van der Waals surface area contributed by atoms with E-state index in [0.717, 1.165) is 19.1 Å². The van der Waals surface area contributed by atoms with Crippen molar-refractivity contribution in [1.82, 2.24) is 47.1 Å². The standard InChI is InChI=1S/C36H59N9O15/c1-22(10-15-46)17-31(52)44(59)13-5-8-26-35(56)42-27(9-6-14-45(60)32(53)18-23(2)11-16-47)36(57)41-25(7-4-12-43(58)24(3)49)33(54)37-20-30(51)40-28(21-48)34(55)38-19-29(50)39-26/h17-18,25-28,46-48,58-60H,4-16,19-21H2,1-3H3,(H,37,54)(H,38,55)(H,39,50)(H,40,51)(H,41,57)(H,42,56). The van der Waals surface area contributed by atoms with E-state index in [2.05, 4.69) is 31.9 Å². The van der Waals surface area contributed by atoms with Gasteiger partial charge in [-0.05, 0) is 65.2 Å². The van der Waals surface area contributed by atoms with Crippen LogP contribution in [0.5, 0.6) is 0 Å². The van der Waals surface area contributed by atoms with Crippen LogP contribution in [0.25, 0.3) is 0 Å². The average Bonchev–Trinajstić information content (AvgIpc) is 3.19. The topological polar surface area (TPSA) is 357 Å². The van der Waals surface area contributed by atoms with Crippen molar-refractivity contribution in [2.24, 2.45) is 0 Å². The first-order valence-corrected chi connectivity index (χ1v) is 19.2. The van der Waals surface area contributed by atoms with Crippen molar-refractivity contribution < 1.29 is 74.1 Å². The van der Waals surface area contributed by atoms with Crippen molar-refractivity contribution >= 4 is 53.2 Å². The van der Waals surface area contributed by atoms with Crippen molar-refractivity contribution in [2.45, 2.75) is 96.3 Å². The van der Waals surface area contributed by atoms with Crippen LogP contribution in [0.2, 0.25) is 0 Å². The highest BCUT2D eigenvalue weighted by molar-refractivity contribution is 5.97. The average molecular weight is 858 g/mol. The Morgan fingerprint density at radius 2 is 0.900 bits per heavy atom. The fourth-order valence-corrected chi connectivity index (χ4v) is 5.40. The largest absolute Gasteiger partial charge is 0.396 e. The molecule has 0 spiro atoms. The van der Waals surface area contributed by atoms with E-state index in [1.165, 1.54) is 0 Å². The molecule has 1 saturated heterocycles. The van der Waals surface area contributed by atoms with Gasteiger partial charge in [0, 0.05) is 51.9 Å². The van der Waals surface area contributed by atoms with Crippen molar-refractivity contribution in [3.05, 3.63) is 23.3 Å². The molecule has 1 aliphatic heterocycles. The van der Waals surface area contributed by atoms with Crippen LogP contribution in [-0.2, 0) is 43.2 Å². The Bertz CT molecular complexity index is 1570. The van der Waals surface area contributed by atoms with Crippen LogP contribution in [0.3, 0.4) is 0 Å². The molecule has 1 aliphatic rings. The molecule has 12 N–H and O–H groups in total. The smallest absolute Gasteiger partial charge is 0.269 e. The highest BCUT2D eigenvalue weighted by Gasteiger charge is 2.31. The molecule has 4 unspecified atom stereocenters. The van der Waals surface area contributed by atoms with Gasteiger partial charge >= 0.3 is 0 Å². The molecule has 60 heavy (non-hydrogen) atoms. The van der Waals surface area contributed by atoms with E-state index in [0.29, 0.717) is 26.3 Å². The third kappa shape index (κ3) is 20.4. The lowest BCUT2D eigenvalue weighted by molar-refractivity contribution is -0.163. The van der Waals surface area contributed by atoms with E-state index in [-0.39, 0.29) is 84.2 Å². The molecule has 1 rings (SSSR count). The minimum Gasteiger partial charge on any atom is -0.396 e. The zero-order valence-corrected chi connectivity index (χ0v) is 34.0. The third-order valence-electron chi connectivity index (χ3n) is 8.81. The van der Waals surface area contributed by atoms with E-state index in [4.69, 9.17) is 10.2 Å². The molecule has 24 nitrogen and oxygen atoms in total. The molecule has 4 atom stereocenters. The zero-order chi connectivity index (χ0) is 45.4. The molecule has 0 radical (unpaired) electrons. The molecule has 24 heteroatoms. The number of hydrogen-bond donors (Lipinski definition) is 12. The molecule has 0 aliphatic carbocycles. The van der Waals surface area contributed by atoms with Gasteiger partial charge in [0.1, 0.15) is 24.2 Å². The second-order valence-corrected chi connectivity index (χ2v) is 13.9. The first-order chi connectivity index (χ1) is 28.3. The fourth-order valence-electron chi connectivity index (χ4n) is 5.40. The number of carbonyl (C=O) groups excluding carboxylic acids is 9. The summed E-state index contributed by atoms with van der Waals surface area (Å²) in [5, 5.41) is 73.4. The van der Waals surface area contributed by atoms with Crippen molar-refractivity contribution in [1.29, 1.82) is 0 Å². The van der Waals surface area contributed by atoms with Crippen molar-refractivity contribution in [3.63, 3.8) is 0 Å². The highest BCUT2D eigenvalue weighted by Crippen LogP contribution is 2.09. The first kappa shape index (κ1) is 52.5. The van der Waals surface area contributed by atoms with E-state index < -0.39 is 97.0 Å². The Balaban J connectivity index is 3.54. The monoisotopic (exact) mass is 857 g/mol. The summed E-state index contributed by atoms with van der Waals surface area (Å²) in [5.41, 5.74) is 0.939. The van der Waals surface area contributed by atoms with Gasteiger partial charge in [0.15, 0.2) is 0 Å². The summed E-state index contributed by atoms with van der Waals surface area (Å²) in [6, 6.07) is -6.07. The second kappa shape index (κ2) is 28.0. The predicted octanol–water partition coefficient (Wildman–Crippen LogP) is -4.16. The van der Waals surface area contributed by atoms with Gasteiger partial charge in [-0.1, -0.05) is 11.1 Å². The lowest BCUT2D eigenvalue weighted by Gasteiger charge is -2.27. The highest BCUT2D eigenvalue weighted by atomic mass is 16.5.